The van der Waals surface area contributed by atoms with Gasteiger partial charge in [0.1, 0.15) is 0 Å². The van der Waals surface area contributed by atoms with Crippen LogP contribution in [0, 0.1) is 13.8 Å². The summed E-state index contributed by atoms with van der Waals surface area (Å²) in [6.45, 7) is 6.97. The summed E-state index contributed by atoms with van der Waals surface area (Å²) in [4.78, 5) is 14.3. The SMILES string of the molecule is Cc1cc(C)c2c(c1)SCC(C)N2CCC(=O)O. The second-order valence-corrected chi connectivity index (χ2v) is 5.99. The molecule has 4 heteroatoms. The maximum Gasteiger partial charge on any atom is 0.305 e. The summed E-state index contributed by atoms with van der Waals surface area (Å²) in [5.41, 5.74) is 3.74. The number of hydrogen-bond acceptors (Lipinski definition) is 3. The molecule has 0 bridgehead atoms. The van der Waals surface area contributed by atoms with Crippen molar-refractivity contribution in [1.82, 2.24) is 0 Å². The van der Waals surface area contributed by atoms with E-state index in [1.54, 1.807) is 0 Å². The fourth-order valence-corrected chi connectivity index (χ4v) is 3.75. The summed E-state index contributed by atoms with van der Waals surface area (Å²) in [5, 5.41) is 8.86. The first kappa shape index (κ1) is 13.3. The number of carboxylic acids is 1. The van der Waals surface area contributed by atoms with Gasteiger partial charge in [0.15, 0.2) is 0 Å². The normalized spacial score (nSPS) is 18.6. The van der Waals surface area contributed by atoms with Gasteiger partial charge in [-0.15, -0.1) is 11.8 Å². The second kappa shape index (κ2) is 5.22. The number of aliphatic carboxylic acids is 1. The Hall–Kier alpha value is -1.16. The predicted molar refractivity (Wildman–Crippen MR) is 75.7 cm³/mol. The van der Waals surface area contributed by atoms with Crippen molar-refractivity contribution in [3.8, 4) is 0 Å². The Morgan fingerprint density at radius 2 is 2.22 bits per heavy atom. The van der Waals surface area contributed by atoms with E-state index in [1.807, 2.05) is 11.8 Å². The summed E-state index contributed by atoms with van der Waals surface area (Å²) in [6.07, 6.45) is 0.196. The van der Waals surface area contributed by atoms with E-state index in [-0.39, 0.29) is 6.42 Å². The third-order valence-electron chi connectivity index (χ3n) is 3.28. The summed E-state index contributed by atoms with van der Waals surface area (Å²) in [5.74, 6) is 0.293. The van der Waals surface area contributed by atoms with E-state index in [4.69, 9.17) is 5.11 Å². The average molecular weight is 265 g/mol. The molecule has 1 heterocycles. The fraction of sp³-hybridized carbons (Fsp3) is 0.500. The van der Waals surface area contributed by atoms with E-state index in [0.717, 1.165) is 5.75 Å². The van der Waals surface area contributed by atoms with Crippen LogP contribution >= 0.6 is 11.8 Å². The molecule has 0 spiro atoms. The van der Waals surface area contributed by atoms with Crippen molar-refractivity contribution in [2.24, 2.45) is 0 Å². The zero-order valence-electron chi connectivity index (χ0n) is 11.1. The highest BCUT2D eigenvalue weighted by molar-refractivity contribution is 7.99. The number of fused-ring (bicyclic) bond motifs is 1. The van der Waals surface area contributed by atoms with Gasteiger partial charge in [0, 0.05) is 23.2 Å². The number of carboxylic acid groups (broad SMARTS) is 1. The lowest BCUT2D eigenvalue weighted by Crippen LogP contribution is -2.39. The molecule has 0 fully saturated rings. The average Bonchev–Trinajstić information content (AvgIpc) is 2.27. The number of rotatable bonds is 3. The van der Waals surface area contributed by atoms with Gasteiger partial charge in [-0.25, -0.2) is 0 Å². The first-order chi connectivity index (χ1) is 8.49. The van der Waals surface area contributed by atoms with Gasteiger partial charge >= 0.3 is 5.97 Å². The molecule has 0 saturated carbocycles. The van der Waals surface area contributed by atoms with Crippen LogP contribution in [0.15, 0.2) is 17.0 Å². The maximum atomic E-state index is 10.8. The minimum absolute atomic E-state index is 0.196. The van der Waals surface area contributed by atoms with E-state index in [0.29, 0.717) is 12.6 Å². The van der Waals surface area contributed by atoms with E-state index in [2.05, 4.69) is 37.8 Å². The minimum Gasteiger partial charge on any atom is -0.481 e. The molecule has 1 aromatic carbocycles. The van der Waals surface area contributed by atoms with E-state index in [9.17, 15) is 4.79 Å². The van der Waals surface area contributed by atoms with Crippen molar-refractivity contribution in [1.29, 1.82) is 0 Å². The van der Waals surface area contributed by atoms with Crippen LogP contribution in [0.4, 0.5) is 5.69 Å². The molecule has 0 aliphatic carbocycles. The molecule has 1 atom stereocenters. The lowest BCUT2D eigenvalue weighted by Gasteiger charge is -2.37. The van der Waals surface area contributed by atoms with Gasteiger partial charge in [-0.05, 0) is 38.0 Å². The molecule has 0 aromatic heterocycles. The summed E-state index contributed by atoms with van der Waals surface area (Å²) < 4.78 is 0. The van der Waals surface area contributed by atoms with Crippen molar-refractivity contribution in [2.75, 3.05) is 17.2 Å². The summed E-state index contributed by atoms with van der Waals surface area (Å²) in [7, 11) is 0. The van der Waals surface area contributed by atoms with Gasteiger partial charge in [-0.2, -0.15) is 0 Å². The zero-order valence-corrected chi connectivity index (χ0v) is 11.9. The van der Waals surface area contributed by atoms with Crippen molar-refractivity contribution < 1.29 is 9.90 Å². The van der Waals surface area contributed by atoms with Crippen LogP contribution in [-0.4, -0.2) is 29.4 Å². The fourth-order valence-electron chi connectivity index (χ4n) is 2.47. The Labute approximate surface area is 112 Å². The Balaban J connectivity index is 2.34. The van der Waals surface area contributed by atoms with Crippen LogP contribution in [0.1, 0.15) is 24.5 Å². The van der Waals surface area contributed by atoms with Crippen molar-refractivity contribution >= 4 is 23.4 Å². The van der Waals surface area contributed by atoms with Gasteiger partial charge in [0.05, 0.1) is 12.1 Å². The van der Waals surface area contributed by atoms with E-state index < -0.39 is 5.97 Å². The van der Waals surface area contributed by atoms with Gasteiger partial charge < -0.3 is 10.0 Å². The smallest absolute Gasteiger partial charge is 0.305 e. The van der Waals surface area contributed by atoms with Gasteiger partial charge in [-0.1, -0.05) is 6.07 Å². The van der Waals surface area contributed by atoms with Crippen LogP contribution in [0.2, 0.25) is 0 Å². The maximum absolute atomic E-state index is 10.8. The van der Waals surface area contributed by atoms with Crippen LogP contribution in [0.3, 0.4) is 0 Å². The molecular weight excluding hydrogens is 246 g/mol. The lowest BCUT2D eigenvalue weighted by molar-refractivity contribution is -0.136. The molecule has 1 aromatic rings. The highest BCUT2D eigenvalue weighted by Gasteiger charge is 2.25. The zero-order chi connectivity index (χ0) is 13.3. The predicted octanol–water partition coefficient (Wildman–Crippen LogP) is 3.08. The Morgan fingerprint density at radius 3 is 2.89 bits per heavy atom. The summed E-state index contributed by atoms with van der Waals surface area (Å²) in [6, 6.07) is 4.76. The van der Waals surface area contributed by atoms with Crippen molar-refractivity contribution in [2.45, 2.75) is 38.1 Å². The largest absolute Gasteiger partial charge is 0.481 e. The Bertz CT molecular complexity index is 473. The second-order valence-electron chi connectivity index (χ2n) is 4.93. The van der Waals surface area contributed by atoms with Crippen molar-refractivity contribution in [3.05, 3.63) is 23.3 Å². The van der Waals surface area contributed by atoms with Crippen LogP contribution in [0.5, 0.6) is 0 Å². The summed E-state index contributed by atoms with van der Waals surface area (Å²) >= 11 is 1.87. The monoisotopic (exact) mass is 265 g/mol. The van der Waals surface area contributed by atoms with E-state index in [1.165, 1.54) is 21.7 Å². The van der Waals surface area contributed by atoms with Crippen LogP contribution in [-0.2, 0) is 4.79 Å². The van der Waals surface area contributed by atoms with Gasteiger partial charge in [-0.3, -0.25) is 4.79 Å². The molecule has 1 unspecified atom stereocenters. The number of nitrogens with zero attached hydrogens (tertiary/aromatic N) is 1. The first-order valence-electron chi connectivity index (χ1n) is 6.21. The first-order valence-corrected chi connectivity index (χ1v) is 7.20. The standard InChI is InChI=1S/C14H19NO2S/c1-9-6-10(2)14-12(7-9)18-8-11(3)15(14)5-4-13(16)17/h6-7,11H,4-5,8H2,1-3H3,(H,16,17). The Kier molecular flexibility index (Phi) is 3.85. The topological polar surface area (TPSA) is 40.5 Å². The van der Waals surface area contributed by atoms with Crippen molar-refractivity contribution in [3.63, 3.8) is 0 Å². The molecule has 1 aliphatic rings. The molecule has 1 N–H and O–H groups in total. The number of carbonyl (C=O) groups is 1. The quantitative estimate of drug-likeness (QED) is 0.912. The van der Waals surface area contributed by atoms with Gasteiger partial charge in [0.2, 0.25) is 0 Å². The number of benzene rings is 1. The molecule has 0 saturated heterocycles. The molecule has 98 valence electrons. The lowest BCUT2D eigenvalue weighted by atomic mass is 10.1. The van der Waals surface area contributed by atoms with Crippen LogP contribution < -0.4 is 4.90 Å². The third kappa shape index (κ3) is 2.64. The minimum atomic E-state index is -0.730. The molecule has 0 radical (unpaired) electrons. The molecule has 2 rings (SSSR count). The number of aryl methyl sites for hydroxylation is 2. The highest BCUT2D eigenvalue weighted by atomic mass is 32.2. The molecule has 3 nitrogen and oxygen atoms in total. The van der Waals surface area contributed by atoms with Gasteiger partial charge in [0.25, 0.3) is 0 Å². The number of hydrogen-bond donors (Lipinski definition) is 1. The van der Waals surface area contributed by atoms with E-state index >= 15 is 0 Å². The molecular formula is C14H19NO2S. The number of thioether (sulfide) groups is 1. The number of anilines is 1. The molecule has 18 heavy (non-hydrogen) atoms. The highest BCUT2D eigenvalue weighted by Crippen LogP contribution is 2.40. The molecule has 1 aliphatic heterocycles. The van der Waals surface area contributed by atoms with Crippen LogP contribution in [0.25, 0.3) is 0 Å². The Morgan fingerprint density at radius 1 is 1.50 bits per heavy atom. The molecule has 0 amide bonds. The third-order valence-corrected chi connectivity index (χ3v) is 4.55.